The van der Waals surface area contributed by atoms with Gasteiger partial charge in [0.15, 0.2) is 16.7 Å². The number of ether oxygens (including phenoxy) is 2. The molecule has 0 spiro atoms. The first kappa shape index (κ1) is 22.5. The van der Waals surface area contributed by atoms with Gasteiger partial charge in [0.2, 0.25) is 0 Å². The van der Waals surface area contributed by atoms with E-state index in [0.717, 1.165) is 42.1 Å². The van der Waals surface area contributed by atoms with Gasteiger partial charge in [0.25, 0.3) is 5.91 Å². The van der Waals surface area contributed by atoms with Gasteiger partial charge < -0.3 is 9.47 Å². The Morgan fingerprint density at radius 2 is 1.88 bits per heavy atom. The minimum Gasteiger partial charge on any atom is -0.493 e. The highest BCUT2D eigenvalue weighted by Gasteiger charge is 2.38. The number of benzene rings is 2. The van der Waals surface area contributed by atoms with Gasteiger partial charge in [0, 0.05) is 11.6 Å². The van der Waals surface area contributed by atoms with Gasteiger partial charge in [-0.1, -0.05) is 49.1 Å². The number of hydrogen-bond donors (Lipinski definition) is 0. The van der Waals surface area contributed by atoms with Crippen LogP contribution < -0.4 is 9.47 Å². The van der Waals surface area contributed by atoms with Gasteiger partial charge in [-0.15, -0.1) is 0 Å². The summed E-state index contributed by atoms with van der Waals surface area (Å²) in [7, 11) is 1.63. The number of carbonyl (C=O) groups is 1. The zero-order valence-corrected chi connectivity index (χ0v) is 19.8. The topological polar surface area (TPSA) is 51.1 Å². The van der Waals surface area contributed by atoms with E-state index in [2.05, 4.69) is 6.92 Å². The number of para-hydroxylation sites is 1. The van der Waals surface area contributed by atoms with Crippen molar-refractivity contribution < 1.29 is 14.3 Å². The average molecular weight is 451 g/mol. The van der Waals surface area contributed by atoms with Crippen molar-refractivity contribution in [2.45, 2.75) is 52.0 Å². The number of amides is 1. The molecule has 2 aromatic carbocycles. The molecule has 0 radical (unpaired) electrons. The van der Waals surface area contributed by atoms with E-state index in [1.807, 2.05) is 60.4 Å². The zero-order valence-electron chi connectivity index (χ0n) is 19.0. The van der Waals surface area contributed by atoms with E-state index in [9.17, 15) is 4.79 Å². The zero-order chi connectivity index (χ0) is 22.5. The molecular formula is C26H30N2O3S. The molecule has 1 aliphatic heterocycles. The van der Waals surface area contributed by atoms with E-state index in [4.69, 9.17) is 14.5 Å². The van der Waals surface area contributed by atoms with Gasteiger partial charge in [0.05, 0.1) is 24.3 Å². The third kappa shape index (κ3) is 4.85. The van der Waals surface area contributed by atoms with Crippen molar-refractivity contribution in [1.82, 2.24) is 4.90 Å². The quantitative estimate of drug-likeness (QED) is 0.482. The highest BCUT2D eigenvalue weighted by atomic mass is 32.2. The molecule has 168 valence electrons. The maximum atomic E-state index is 13.6. The van der Waals surface area contributed by atoms with E-state index in [-0.39, 0.29) is 11.9 Å². The van der Waals surface area contributed by atoms with Crippen molar-refractivity contribution in [3.63, 3.8) is 0 Å². The molecule has 1 heterocycles. The number of aryl methyl sites for hydroxylation is 1. The standard InChI is InChI=1S/C26H30N2O3S/c1-4-31-24-19(9-8-12-22(24)30-3)17-23-25(29)28(21-10-6-5-7-11-21)26(32-23)27-20-15-13-18(2)14-16-20/h8-9,12-17,21H,4-7,10-11H2,1-3H3/b23-17+,27-26?. The molecule has 4 rings (SSSR count). The van der Waals surface area contributed by atoms with Crippen LogP contribution in [0, 0.1) is 6.92 Å². The van der Waals surface area contributed by atoms with Crippen LogP contribution >= 0.6 is 11.8 Å². The number of nitrogens with zero attached hydrogens (tertiary/aromatic N) is 2. The van der Waals surface area contributed by atoms with Crippen LogP contribution in [0.25, 0.3) is 6.08 Å². The first-order valence-electron chi connectivity index (χ1n) is 11.3. The van der Waals surface area contributed by atoms with Crippen LogP contribution in [0.1, 0.15) is 50.2 Å². The smallest absolute Gasteiger partial charge is 0.267 e. The van der Waals surface area contributed by atoms with Gasteiger partial charge in [-0.05, 0) is 62.7 Å². The first-order chi connectivity index (χ1) is 15.6. The van der Waals surface area contributed by atoms with Crippen LogP contribution in [0.5, 0.6) is 11.5 Å². The molecule has 5 nitrogen and oxygen atoms in total. The predicted octanol–water partition coefficient (Wildman–Crippen LogP) is 6.34. The minimum absolute atomic E-state index is 0.0260. The Morgan fingerprint density at radius 1 is 1.12 bits per heavy atom. The first-order valence-corrected chi connectivity index (χ1v) is 12.1. The number of thioether (sulfide) groups is 1. The van der Waals surface area contributed by atoms with Crippen molar-refractivity contribution in [3.05, 3.63) is 58.5 Å². The second kappa shape index (κ2) is 10.3. The highest BCUT2D eigenvalue weighted by molar-refractivity contribution is 8.18. The second-order valence-corrected chi connectivity index (χ2v) is 9.13. The van der Waals surface area contributed by atoms with Crippen molar-refractivity contribution in [2.75, 3.05) is 13.7 Å². The SMILES string of the molecule is CCOc1c(/C=C2/SC(=Nc3ccc(C)cc3)N(C3CCCCC3)C2=O)cccc1OC. The molecular weight excluding hydrogens is 420 g/mol. The Balaban J connectivity index is 1.73. The van der Waals surface area contributed by atoms with Crippen molar-refractivity contribution in [2.24, 2.45) is 4.99 Å². The lowest BCUT2D eigenvalue weighted by molar-refractivity contribution is -0.124. The summed E-state index contributed by atoms with van der Waals surface area (Å²) >= 11 is 1.45. The van der Waals surface area contributed by atoms with E-state index in [1.54, 1.807) is 7.11 Å². The molecule has 0 N–H and O–H groups in total. The maximum Gasteiger partial charge on any atom is 0.267 e. The van der Waals surface area contributed by atoms with Crippen LogP contribution in [0.3, 0.4) is 0 Å². The van der Waals surface area contributed by atoms with Gasteiger partial charge in [0.1, 0.15) is 0 Å². The second-order valence-electron chi connectivity index (χ2n) is 8.12. The van der Waals surface area contributed by atoms with Crippen LogP contribution in [-0.2, 0) is 4.79 Å². The van der Waals surface area contributed by atoms with Crippen molar-refractivity contribution in [1.29, 1.82) is 0 Å². The van der Waals surface area contributed by atoms with E-state index in [1.165, 1.54) is 23.7 Å². The molecule has 1 amide bonds. The molecule has 2 aromatic rings. The maximum absolute atomic E-state index is 13.6. The summed E-state index contributed by atoms with van der Waals surface area (Å²) in [5.74, 6) is 1.35. The highest BCUT2D eigenvalue weighted by Crippen LogP contribution is 2.40. The fourth-order valence-electron chi connectivity index (χ4n) is 4.20. The van der Waals surface area contributed by atoms with Gasteiger partial charge in [-0.25, -0.2) is 4.99 Å². The van der Waals surface area contributed by atoms with Crippen molar-refractivity contribution in [3.8, 4) is 11.5 Å². The van der Waals surface area contributed by atoms with Gasteiger partial charge in [-0.3, -0.25) is 9.69 Å². The summed E-state index contributed by atoms with van der Waals surface area (Å²) in [6.07, 6.45) is 7.50. The predicted molar refractivity (Wildman–Crippen MR) is 132 cm³/mol. The van der Waals surface area contributed by atoms with Crippen LogP contribution in [0.15, 0.2) is 52.4 Å². The summed E-state index contributed by atoms with van der Waals surface area (Å²) in [5, 5.41) is 0.762. The molecule has 0 bridgehead atoms. The lowest BCUT2D eigenvalue weighted by Crippen LogP contribution is -2.40. The average Bonchev–Trinajstić information content (AvgIpc) is 3.11. The molecule has 1 aliphatic carbocycles. The number of aliphatic imine (C=N–C) groups is 1. The van der Waals surface area contributed by atoms with Crippen LogP contribution in [0.2, 0.25) is 0 Å². The third-order valence-corrected chi connectivity index (χ3v) is 6.82. The molecule has 2 aliphatic rings. The number of carbonyl (C=O) groups excluding carboxylic acids is 1. The largest absolute Gasteiger partial charge is 0.493 e. The summed E-state index contributed by atoms with van der Waals surface area (Å²) in [5.41, 5.74) is 2.89. The Hall–Kier alpha value is -2.73. The molecule has 2 fully saturated rings. The molecule has 0 unspecified atom stereocenters. The Morgan fingerprint density at radius 3 is 2.56 bits per heavy atom. The summed E-state index contributed by atoms with van der Waals surface area (Å²) in [4.78, 5) is 21.0. The number of methoxy groups -OCH3 is 1. The number of rotatable bonds is 6. The minimum atomic E-state index is 0.0260. The lowest BCUT2D eigenvalue weighted by Gasteiger charge is -2.30. The van der Waals surface area contributed by atoms with E-state index >= 15 is 0 Å². The normalized spacial score (nSPS) is 19.7. The lowest BCUT2D eigenvalue weighted by atomic mass is 9.94. The molecule has 0 aromatic heterocycles. The summed E-state index contributed by atoms with van der Waals surface area (Å²) in [6, 6.07) is 14.0. The molecule has 6 heteroatoms. The molecule has 0 atom stereocenters. The molecule has 1 saturated carbocycles. The van der Waals surface area contributed by atoms with Crippen molar-refractivity contribution >= 4 is 34.6 Å². The molecule has 32 heavy (non-hydrogen) atoms. The fraction of sp³-hybridized carbons (Fsp3) is 0.385. The monoisotopic (exact) mass is 450 g/mol. The van der Waals surface area contributed by atoms with E-state index in [0.29, 0.717) is 23.0 Å². The summed E-state index contributed by atoms with van der Waals surface area (Å²) in [6.45, 7) is 4.52. The Bertz CT molecular complexity index is 1020. The van der Waals surface area contributed by atoms with Crippen LogP contribution in [0.4, 0.5) is 5.69 Å². The Labute approximate surface area is 194 Å². The number of hydrogen-bond acceptors (Lipinski definition) is 5. The summed E-state index contributed by atoms with van der Waals surface area (Å²) < 4.78 is 11.3. The van der Waals surface area contributed by atoms with E-state index < -0.39 is 0 Å². The van der Waals surface area contributed by atoms with Gasteiger partial charge in [-0.2, -0.15) is 0 Å². The van der Waals surface area contributed by atoms with Gasteiger partial charge >= 0.3 is 0 Å². The Kier molecular flexibility index (Phi) is 7.20. The fourth-order valence-corrected chi connectivity index (χ4v) is 5.25. The molecule has 1 saturated heterocycles. The third-order valence-electron chi connectivity index (χ3n) is 5.84. The number of amidine groups is 1. The van der Waals surface area contributed by atoms with Crippen LogP contribution in [-0.4, -0.2) is 35.7 Å².